The number of carbonyl (C=O) groups is 1. The Morgan fingerprint density at radius 2 is 2.10 bits per heavy atom. The first kappa shape index (κ1) is 12.3. The summed E-state index contributed by atoms with van der Waals surface area (Å²) in [4.78, 5) is 16.2. The van der Waals surface area contributed by atoms with Gasteiger partial charge in [-0.15, -0.1) is 0 Å². The molecule has 0 spiro atoms. The maximum absolute atomic E-state index is 12.1. The van der Waals surface area contributed by atoms with Gasteiger partial charge in [-0.1, -0.05) is 12.1 Å². The SMILES string of the molecule is CC(C(N)=O)(c1cccnc1)c1ccc2[nH]ncc2c1. The van der Waals surface area contributed by atoms with Crippen molar-refractivity contribution in [1.82, 2.24) is 15.2 Å². The minimum absolute atomic E-state index is 0.409. The summed E-state index contributed by atoms with van der Waals surface area (Å²) in [6.45, 7) is 1.81. The number of aromatic amines is 1. The van der Waals surface area contributed by atoms with E-state index in [1.165, 1.54) is 0 Å². The fourth-order valence-corrected chi connectivity index (χ4v) is 2.36. The second kappa shape index (κ2) is 4.45. The van der Waals surface area contributed by atoms with Gasteiger partial charge in [0.1, 0.15) is 0 Å². The highest BCUT2D eigenvalue weighted by atomic mass is 16.1. The Morgan fingerprint density at radius 3 is 2.80 bits per heavy atom. The number of primary amides is 1. The molecule has 5 nitrogen and oxygen atoms in total. The number of aromatic nitrogens is 3. The number of benzene rings is 1. The minimum Gasteiger partial charge on any atom is -0.369 e. The van der Waals surface area contributed by atoms with Gasteiger partial charge in [0, 0.05) is 17.8 Å². The maximum atomic E-state index is 12.1. The average molecular weight is 266 g/mol. The second-order valence-electron chi connectivity index (χ2n) is 4.90. The van der Waals surface area contributed by atoms with Gasteiger partial charge in [-0.25, -0.2) is 0 Å². The molecule has 1 atom stereocenters. The smallest absolute Gasteiger partial charge is 0.232 e. The van der Waals surface area contributed by atoms with Crippen LogP contribution in [0.5, 0.6) is 0 Å². The molecule has 1 amide bonds. The van der Waals surface area contributed by atoms with Crippen molar-refractivity contribution in [3.63, 3.8) is 0 Å². The third-order valence-electron chi connectivity index (χ3n) is 3.75. The van der Waals surface area contributed by atoms with Gasteiger partial charge < -0.3 is 5.73 Å². The van der Waals surface area contributed by atoms with E-state index in [0.717, 1.165) is 22.0 Å². The van der Waals surface area contributed by atoms with Crippen LogP contribution in [0.15, 0.2) is 48.9 Å². The highest BCUT2D eigenvalue weighted by Gasteiger charge is 2.35. The van der Waals surface area contributed by atoms with E-state index in [9.17, 15) is 4.79 Å². The van der Waals surface area contributed by atoms with E-state index in [1.54, 1.807) is 24.7 Å². The van der Waals surface area contributed by atoms with Crippen molar-refractivity contribution >= 4 is 16.8 Å². The standard InChI is InChI=1S/C15H14N4O/c1-15(14(16)20,12-3-2-6-17-9-12)11-4-5-13-10(7-11)8-18-19-13/h2-9H,1H3,(H2,16,20)(H,18,19). The number of amides is 1. The Hall–Kier alpha value is -2.69. The van der Waals surface area contributed by atoms with Gasteiger partial charge in [-0.2, -0.15) is 5.10 Å². The van der Waals surface area contributed by atoms with Gasteiger partial charge in [0.15, 0.2) is 0 Å². The van der Waals surface area contributed by atoms with E-state index in [2.05, 4.69) is 15.2 Å². The molecule has 20 heavy (non-hydrogen) atoms. The Bertz CT molecular complexity index is 766. The summed E-state index contributed by atoms with van der Waals surface area (Å²) in [7, 11) is 0. The fraction of sp³-hybridized carbons (Fsp3) is 0.133. The molecule has 0 fully saturated rings. The molecule has 3 N–H and O–H groups in total. The molecule has 100 valence electrons. The van der Waals surface area contributed by atoms with Crippen LogP contribution in [0.3, 0.4) is 0 Å². The van der Waals surface area contributed by atoms with Crippen molar-refractivity contribution in [2.45, 2.75) is 12.3 Å². The molecule has 5 heteroatoms. The lowest BCUT2D eigenvalue weighted by Crippen LogP contribution is -2.39. The van der Waals surface area contributed by atoms with E-state index in [4.69, 9.17) is 5.73 Å². The number of fused-ring (bicyclic) bond motifs is 1. The monoisotopic (exact) mass is 266 g/mol. The molecule has 0 saturated carbocycles. The highest BCUT2D eigenvalue weighted by molar-refractivity contribution is 5.92. The van der Waals surface area contributed by atoms with Gasteiger partial charge in [-0.05, 0) is 36.2 Å². The normalized spacial score (nSPS) is 14.1. The molecule has 3 rings (SSSR count). The van der Waals surface area contributed by atoms with Crippen molar-refractivity contribution in [2.75, 3.05) is 0 Å². The summed E-state index contributed by atoms with van der Waals surface area (Å²) in [5, 5.41) is 7.82. The molecule has 0 bridgehead atoms. The number of carbonyl (C=O) groups excluding carboxylic acids is 1. The summed E-state index contributed by atoms with van der Waals surface area (Å²) >= 11 is 0. The number of nitrogens with two attached hydrogens (primary N) is 1. The van der Waals surface area contributed by atoms with Crippen LogP contribution in [-0.4, -0.2) is 21.1 Å². The third kappa shape index (κ3) is 1.75. The molecule has 0 aliphatic rings. The number of rotatable bonds is 3. The van der Waals surface area contributed by atoms with Gasteiger partial charge in [0.25, 0.3) is 0 Å². The molecule has 0 aliphatic carbocycles. The average Bonchev–Trinajstić information content (AvgIpc) is 2.94. The number of hydrogen-bond donors (Lipinski definition) is 2. The zero-order valence-electron chi connectivity index (χ0n) is 11.0. The molecule has 3 aromatic rings. The number of H-pyrrole nitrogens is 1. The van der Waals surface area contributed by atoms with E-state index in [1.807, 2.05) is 31.2 Å². The van der Waals surface area contributed by atoms with Crippen LogP contribution in [-0.2, 0) is 10.2 Å². The van der Waals surface area contributed by atoms with Gasteiger partial charge in [0.05, 0.1) is 17.1 Å². The zero-order valence-corrected chi connectivity index (χ0v) is 11.0. The minimum atomic E-state index is -0.917. The lowest BCUT2D eigenvalue weighted by atomic mass is 9.76. The van der Waals surface area contributed by atoms with E-state index >= 15 is 0 Å². The van der Waals surface area contributed by atoms with Crippen molar-refractivity contribution in [1.29, 1.82) is 0 Å². The summed E-state index contributed by atoms with van der Waals surface area (Å²) in [6, 6.07) is 9.37. The molecule has 0 aliphatic heterocycles. The molecule has 2 aromatic heterocycles. The zero-order chi connectivity index (χ0) is 14.2. The van der Waals surface area contributed by atoms with E-state index in [-0.39, 0.29) is 0 Å². The van der Waals surface area contributed by atoms with Gasteiger partial charge >= 0.3 is 0 Å². The van der Waals surface area contributed by atoms with Crippen LogP contribution in [0, 0.1) is 0 Å². The Labute approximate surface area is 115 Å². The quantitative estimate of drug-likeness (QED) is 0.757. The lowest BCUT2D eigenvalue weighted by Gasteiger charge is -2.27. The Balaban J connectivity index is 2.22. The van der Waals surface area contributed by atoms with E-state index in [0.29, 0.717) is 0 Å². The van der Waals surface area contributed by atoms with Crippen LogP contribution in [0.2, 0.25) is 0 Å². The number of hydrogen-bond acceptors (Lipinski definition) is 3. The summed E-state index contributed by atoms with van der Waals surface area (Å²) in [6.07, 6.45) is 5.07. The first-order valence-corrected chi connectivity index (χ1v) is 6.26. The van der Waals surface area contributed by atoms with Gasteiger partial charge in [-0.3, -0.25) is 14.9 Å². The summed E-state index contributed by atoms with van der Waals surface area (Å²) in [5.41, 5.74) is 7.27. The maximum Gasteiger partial charge on any atom is 0.232 e. The molecule has 1 aromatic carbocycles. The Morgan fingerprint density at radius 1 is 1.25 bits per heavy atom. The highest BCUT2D eigenvalue weighted by Crippen LogP contribution is 2.32. The van der Waals surface area contributed by atoms with Gasteiger partial charge in [0.2, 0.25) is 5.91 Å². The molecule has 2 heterocycles. The Kier molecular flexibility index (Phi) is 2.75. The molecule has 0 saturated heterocycles. The van der Waals surface area contributed by atoms with Crippen molar-refractivity contribution in [3.8, 4) is 0 Å². The van der Waals surface area contributed by atoms with Crippen LogP contribution >= 0.6 is 0 Å². The predicted molar refractivity (Wildman–Crippen MR) is 76.0 cm³/mol. The number of nitrogens with zero attached hydrogens (tertiary/aromatic N) is 2. The molecule has 1 unspecified atom stereocenters. The molecule has 0 radical (unpaired) electrons. The lowest BCUT2D eigenvalue weighted by molar-refractivity contribution is -0.121. The molecular formula is C15H14N4O. The number of pyridine rings is 1. The fourth-order valence-electron chi connectivity index (χ4n) is 2.36. The van der Waals surface area contributed by atoms with Crippen LogP contribution in [0.25, 0.3) is 10.9 Å². The van der Waals surface area contributed by atoms with Crippen molar-refractivity contribution in [2.24, 2.45) is 5.73 Å². The van der Waals surface area contributed by atoms with Crippen molar-refractivity contribution < 1.29 is 4.79 Å². The van der Waals surface area contributed by atoms with Crippen LogP contribution in [0.4, 0.5) is 0 Å². The topological polar surface area (TPSA) is 84.7 Å². The van der Waals surface area contributed by atoms with Crippen LogP contribution in [0.1, 0.15) is 18.1 Å². The largest absolute Gasteiger partial charge is 0.369 e. The van der Waals surface area contributed by atoms with Crippen LogP contribution < -0.4 is 5.73 Å². The first-order chi connectivity index (χ1) is 9.62. The second-order valence-corrected chi connectivity index (χ2v) is 4.90. The van der Waals surface area contributed by atoms with E-state index < -0.39 is 11.3 Å². The molecular weight excluding hydrogens is 252 g/mol. The third-order valence-corrected chi connectivity index (χ3v) is 3.75. The number of nitrogens with one attached hydrogen (secondary N) is 1. The first-order valence-electron chi connectivity index (χ1n) is 6.26. The van der Waals surface area contributed by atoms with Crippen molar-refractivity contribution in [3.05, 3.63) is 60.0 Å². The summed E-state index contributed by atoms with van der Waals surface area (Å²) < 4.78 is 0. The summed E-state index contributed by atoms with van der Waals surface area (Å²) in [5.74, 6) is -0.409. The predicted octanol–water partition coefficient (Wildman–Crippen LogP) is 1.75.